The highest BCUT2D eigenvalue weighted by molar-refractivity contribution is 4.88. The highest BCUT2D eigenvalue weighted by Crippen LogP contribution is 2.18. The van der Waals surface area contributed by atoms with Gasteiger partial charge in [0.05, 0.1) is 0 Å². The van der Waals surface area contributed by atoms with Crippen LogP contribution in [0.25, 0.3) is 0 Å². The lowest BCUT2D eigenvalue weighted by molar-refractivity contribution is 0.101. The maximum absolute atomic E-state index is 3.78. The van der Waals surface area contributed by atoms with Crippen LogP contribution in [0.3, 0.4) is 0 Å². The number of piperazine rings is 1. The molecule has 1 N–H and O–H groups in total. The highest BCUT2D eigenvalue weighted by atomic mass is 15.2. The first-order valence-electron chi connectivity index (χ1n) is 8.20. The first-order valence-corrected chi connectivity index (χ1v) is 8.20. The van der Waals surface area contributed by atoms with E-state index in [0.29, 0.717) is 6.04 Å². The maximum atomic E-state index is 3.78. The van der Waals surface area contributed by atoms with E-state index in [1.54, 1.807) is 0 Å². The second kappa shape index (κ2) is 8.92. The van der Waals surface area contributed by atoms with E-state index < -0.39 is 0 Å². The Hall–Kier alpha value is -0.0800. The molecule has 1 heterocycles. The van der Waals surface area contributed by atoms with Gasteiger partial charge in [-0.05, 0) is 25.3 Å². The highest BCUT2D eigenvalue weighted by Gasteiger charge is 2.28. The zero-order valence-electron chi connectivity index (χ0n) is 13.0. The van der Waals surface area contributed by atoms with Crippen LogP contribution >= 0.6 is 0 Å². The van der Waals surface area contributed by atoms with Gasteiger partial charge in [0.15, 0.2) is 0 Å². The van der Waals surface area contributed by atoms with E-state index in [1.807, 2.05) is 0 Å². The molecule has 3 atom stereocenters. The number of nitrogens with zero attached hydrogens (tertiary/aromatic N) is 1. The summed E-state index contributed by atoms with van der Waals surface area (Å²) in [6.07, 6.45) is 8.05. The van der Waals surface area contributed by atoms with E-state index in [0.717, 1.165) is 12.0 Å². The minimum absolute atomic E-state index is 0.713. The van der Waals surface area contributed by atoms with Gasteiger partial charge in [0, 0.05) is 25.2 Å². The molecular weight excluding hydrogens is 220 g/mol. The Labute approximate surface area is 115 Å². The minimum atomic E-state index is 0.713. The Morgan fingerprint density at radius 2 is 1.94 bits per heavy atom. The first-order chi connectivity index (χ1) is 8.72. The molecule has 1 aliphatic rings. The molecule has 0 aromatic heterocycles. The molecule has 0 amide bonds. The van der Waals surface area contributed by atoms with Gasteiger partial charge in [-0.2, -0.15) is 0 Å². The van der Waals surface area contributed by atoms with E-state index in [1.165, 1.54) is 58.2 Å². The number of hydrogen-bond acceptors (Lipinski definition) is 2. The third kappa shape index (κ3) is 4.89. The molecule has 0 aromatic rings. The SMILES string of the molecule is CCCCCN1CC(C(C)CC)NCC1CCC. The summed E-state index contributed by atoms with van der Waals surface area (Å²) in [6.45, 7) is 13.1. The van der Waals surface area contributed by atoms with Crippen LogP contribution in [0.4, 0.5) is 0 Å². The third-order valence-electron chi connectivity index (χ3n) is 4.56. The van der Waals surface area contributed by atoms with Crippen molar-refractivity contribution in [3.05, 3.63) is 0 Å². The number of hydrogen-bond donors (Lipinski definition) is 1. The largest absolute Gasteiger partial charge is 0.311 e. The normalized spacial score (nSPS) is 27.3. The van der Waals surface area contributed by atoms with Gasteiger partial charge in [-0.3, -0.25) is 4.90 Å². The standard InChI is InChI=1S/C16H34N2/c1-5-8-9-11-18-13-16(14(4)7-3)17-12-15(18)10-6-2/h14-17H,5-13H2,1-4H3. The quantitative estimate of drug-likeness (QED) is 0.665. The van der Waals surface area contributed by atoms with Crippen LogP contribution in [0.2, 0.25) is 0 Å². The van der Waals surface area contributed by atoms with Gasteiger partial charge >= 0.3 is 0 Å². The summed E-state index contributed by atoms with van der Waals surface area (Å²) in [5, 5.41) is 3.78. The number of rotatable bonds is 8. The van der Waals surface area contributed by atoms with Crippen LogP contribution in [0, 0.1) is 5.92 Å². The molecule has 18 heavy (non-hydrogen) atoms. The second-order valence-electron chi connectivity index (χ2n) is 6.04. The van der Waals surface area contributed by atoms with Gasteiger partial charge in [0.1, 0.15) is 0 Å². The topological polar surface area (TPSA) is 15.3 Å². The van der Waals surface area contributed by atoms with Crippen LogP contribution in [0.5, 0.6) is 0 Å². The van der Waals surface area contributed by atoms with E-state index in [4.69, 9.17) is 0 Å². The molecule has 2 heteroatoms. The van der Waals surface area contributed by atoms with Crippen molar-refractivity contribution in [2.24, 2.45) is 5.92 Å². The van der Waals surface area contributed by atoms with Crippen LogP contribution in [0.1, 0.15) is 66.2 Å². The van der Waals surface area contributed by atoms with E-state index in [-0.39, 0.29) is 0 Å². The molecule has 0 bridgehead atoms. The van der Waals surface area contributed by atoms with Crippen LogP contribution in [-0.4, -0.2) is 36.6 Å². The average molecular weight is 254 g/mol. The molecule has 0 saturated carbocycles. The molecule has 0 radical (unpaired) electrons. The molecule has 1 aliphatic heterocycles. The molecule has 2 nitrogen and oxygen atoms in total. The predicted octanol–water partition coefficient (Wildman–Crippen LogP) is 3.67. The molecule has 3 unspecified atom stereocenters. The Morgan fingerprint density at radius 3 is 2.56 bits per heavy atom. The zero-order valence-corrected chi connectivity index (χ0v) is 13.0. The van der Waals surface area contributed by atoms with Gasteiger partial charge < -0.3 is 5.32 Å². The van der Waals surface area contributed by atoms with Crippen molar-refractivity contribution in [3.63, 3.8) is 0 Å². The second-order valence-corrected chi connectivity index (χ2v) is 6.04. The molecule has 1 saturated heterocycles. The van der Waals surface area contributed by atoms with Crippen molar-refractivity contribution in [1.29, 1.82) is 0 Å². The monoisotopic (exact) mass is 254 g/mol. The van der Waals surface area contributed by atoms with Crippen molar-refractivity contribution in [2.75, 3.05) is 19.6 Å². The maximum Gasteiger partial charge on any atom is 0.0221 e. The van der Waals surface area contributed by atoms with E-state index >= 15 is 0 Å². The molecular formula is C16H34N2. The van der Waals surface area contributed by atoms with E-state index in [2.05, 4.69) is 37.9 Å². The van der Waals surface area contributed by atoms with Crippen molar-refractivity contribution in [2.45, 2.75) is 78.3 Å². The fourth-order valence-electron chi connectivity index (χ4n) is 3.01. The summed E-state index contributed by atoms with van der Waals surface area (Å²) in [5.74, 6) is 0.807. The molecule has 1 fully saturated rings. The minimum Gasteiger partial charge on any atom is -0.311 e. The van der Waals surface area contributed by atoms with Gasteiger partial charge in [-0.1, -0.05) is 53.4 Å². The lowest BCUT2D eigenvalue weighted by Gasteiger charge is -2.42. The van der Waals surface area contributed by atoms with Gasteiger partial charge in [-0.25, -0.2) is 0 Å². The Kier molecular flexibility index (Phi) is 7.92. The summed E-state index contributed by atoms with van der Waals surface area (Å²) in [4.78, 5) is 2.77. The summed E-state index contributed by atoms with van der Waals surface area (Å²) in [5.41, 5.74) is 0. The third-order valence-corrected chi connectivity index (χ3v) is 4.56. The summed E-state index contributed by atoms with van der Waals surface area (Å²) in [6, 6.07) is 1.50. The number of nitrogens with one attached hydrogen (secondary N) is 1. The Morgan fingerprint density at radius 1 is 1.17 bits per heavy atom. The van der Waals surface area contributed by atoms with Crippen molar-refractivity contribution in [1.82, 2.24) is 10.2 Å². The molecule has 0 aromatic carbocycles. The van der Waals surface area contributed by atoms with E-state index in [9.17, 15) is 0 Å². The van der Waals surface area contributed by atoms with Crippen LogP contribution in [0.15, 0.2) is 0 Å². The summed E-state index contributed by atoms with van der Waals surface area (Å²) >= 11 is 0. The van der Waals surface area contributed by atoms with Gasteiger partial charge in [0.2, 0.25) is 0 Å². The fourth-order valence-corrected chi connectivity index (χ4v) is 3.01. The summed E-state index contributed by atoms with van der Waals surface area (Å²) < 4.78 is 0. The fraction of sp³-hybridized carbons (Fsp3) is 1.00. The number of unbranched alkanes of at least 4 members (excludes halogenated alkanes) is 2. The molecule has 108 valence electrons. The van der Waals surface area contributed by atoms with Crippen LogP contribution < -0.4 is 5.32 Å². The summed E-state index contributed by atoms with van der Waals surface area (Å²) in [7, 11) is 0. The van der Waals surface area contributed by atoms with Crippen molar-refractivity contribution >= 4 is 0 Å². The average Bonchev–Trinajstić information content (AvgIpc) is 2.40. The van der Waals surface area contributed by atoms with Crippen molar-refractivity contribution < 1.29 is 0 Å². The predicted molar refractivity (Wildman–Crippen MR) is 81.0 cm³/mol. The van der Waals surface area contributed by atoms with Gasteiger partial charge in [0.25, 0.3) is 0 Å². The molecule has 1 rings (SSSR count). The lowest BCUT2D eigenvalue weighted by Crippen LogP contribution is -2.58. The molecule has 0 aliphatic carbocycles. The zero-order chi connectivity index (χ0) is 13.4. The van der Waals surface area contributed by atoms with Crippen LogP contribution in [-0.2, 0) is 0 Å². The molecule has 0 spiro atoms. The van der Waals surface area contributed by atoms with Crippen molar-refractivity contribution in [3.8, 4) is 0 Å². The smallest absolute Gasteiger partial charge is 0.0221 e. The Balaban J connectivity index is 2.47. The first kappa shape index (κ1) is 16.0. The Bertz CT molecular complexity index is 205. The van der Waals surface area contributed by atoms with Gasteiger partial charge in [-0.15, -0.1) is 0 Å². The lowest BCUT2D eigenvalue weighted by atomic mass is 9.94.